The lowest BCUT2D eigenvalue weighted by Crippen LogP contribution is -2.42. The molecule has 0 saturated heterocycles. The number of alkyl halides is 2. The molecule has 0 aromatic heterocycles. The topological polar surface area (TPSA) is 108 Å². The first kappa shape index (κ1) is 16.3. The van der Waals surface area contributed by atoms with E-state index in [0.717, 1.165) is 6.07 Å². The highest BCUT2D eigenvalue weighted by Crippen LogP contribution is 2.21. The van der Waals surface area contributed by atoms with E-state index in [1.165, 1.54) is 25.1 Å². The molecular formula is C12H12F2N2O5. The van der Waals surface area contributed by atoms with Crippen molar-refractivity contribution in [2.75, 3.05) is 0 Å². The van der Waals surface area contributed by atoms with E-state index < -0.39 is 30.6 Å². The summed E-state index contributed by atoms with van der Waals surface area (Å²) in [5, 5.41) is 1.72. The monoisotopic (exact) mass is 302 g/mol. The summed E-state index contributed by atoms with van der Waals surface area (Å²) in [5.74, 6) is -2.39. The van der Waals surface area contributed by atoms with Gasteiger partial charge in [-0.15, -0.1) is 0 Å². The lowest BCUT2D eigenvalue weighted by molar-refractivity contribution is -0.127. The Bertz CT molecular complexity index is 550. The number of nitrogens with two attached hydrogens (primary N) is 1. The van der Waals surface area contributed by atoms with Crippen molar-refractivity contribution in [1.82, 2.24) is 5.32 Å². The Morgan fingerprint density at radius 1 is 1.24 bits per heavy atom. The van der Waals surface area contributed by atoms with Crippen molar-refractivity contribution in [3.05, 3.63) is 29.8 Å². The van der Waals surface area contributed by atoms with Gasteiger partial charge in [0.25, 0.3) is 5.91 Å². The number of carbonyl (C=O) groups is 3. The molecule has 0 fully saturated rings. The Morgan fingerprint density at radius 2 is 1.86 bits per heavy atom. The van der Waals surface area contributed by atoms with Crippen LogP contribution in [0.1, 0.15) is 17.3 Å². The molecule has 7 nitrogen and oxygen atoms in total. The van der Waals surface area contributed by atoms with Crippen molar-refractivity contribution in [3.63, 3.8) is 0 Å². The summed E-state index contributed by atoms with van der Waals surface area (Å²) in [6, 6.07) is 4.03. The van der Waals surface area contributed by atoms with E-state index in [4.69, 9.17) is 10.5 Å². The van der Waals surface area contributed by atoms with Gasteiger partial charge in [-0.3, -0.25) is 10.1 Å². The molecule has 0 heterocycles. The van der Waals surface area contributed by atoms with Crippen LogP contribution in [0.25, 0.3) is 0 Å². The second-order valence-electron chi connectivity index (χ2n) is 3.78. The van der Waals surface area contributed by atoms with Gasteiger partial charge in [0.05, 0.1) is 0 Å². The van der Waals surface area contributed by atoms with Crippen LogP contribution < -0.4 is 15.8 Å². The minimum absolute atomic E-state index is 0.281. The molecule has 114 valence electrons. The second-order valence-corrected chi connectivity index (χ2v) is 3.78. The van der Waals surface area contributed by atoms with Crippen molar-refractivity contribution >= 4 is 17.9 Å². The number of esters is 1. The van der Waals surface area contributed by atoms with Crippen LogP contribution in [-0.4, -0.2) is 30.6 Å². The fraction of sp³-hybridized carbons (Fsp3) is 0.250. The van der Waals surface area contributed by atoms with Crippen molar-refractivity contribution in [3.8, 4) is 5.75 Å². The standard InChI is InChI=1S/C12H12F2N2O5/c1-6(9(17)16-12(15)19)20-10(18)7-4-2-3-5-8(7)21-11(13)14/h2-6,11H,1H3,(H3,15,16,17,19). The number of halogens is 2. The Hall–Kier alpha value is -2.71. The molecule has 0 radical (unpaired) electrons. The van der Waals surface area contributed by atoms with E-state index in [2.05, 4.69) is 4.74 Å². The molecule has 1 aromatic carbocycles. The van der Waals surface area contributed by atoms with Gasteiger partial charge in [-0.05, 0) is 19.1 Å². The first-order chi connectivity index (χ1) is 9.81. The van der Waals surface area contributed by atoms with Gasteiger partial charge in [0.1, 0.15) is 11.3 Å². The van der Waals surface area contributed by atoms with Crippen LogP contribution in [0.3, 0.4) is 0 Å². The summed E-state index contributed by atoms with van der Waals surface area (Å²) in [6.07, 6.45) is -1.34. The van der Waals surface area contributed by atoms with Crippen LogP contribution in [0.4, 0.5) is 13.6 Å². The Balaban J connectivity index is 2.80. The number of para-hydroxylation sites is 1. The van der Waals surface area contributed by atoms with E-state index in [9.17, 15) is 23.2 Å². The number of primary amides is 1. The highest BCUT2D eigenvalue weighted by molar-refractivity contribution is 5.98. The third kappa shape index (κ3) is 5.05. The quantitative estimate of drug-likeness (QED) is 0.790. The maximum atomic E-state index is 12.2. The maximum Gasteiger partial charge on any atom is 0.387 e. The largest absolute Gasteiger partial charge is 0.449 e. The average molecular weight is 302 g/mol. The van der Waals surface area contributed by atoms with Crippen LogP contribution in [-0.2, 0) is 9.53 Å². The van der Waals surface area contributed by atoms with E-state index in [1.54, 1.807) is 5.32 Å². The van der Waals surface area contributed by atoms with Crippen molar-refractivity contribution in [1.29, 1.82) is 0 Å². The number of benzene rings is 1. The van der Waals surface area contributed by atoms with Gasteiger partial charge in [-0.2, -0.15) is 8.78 Å². The van der Waals surface area contributed by atoms with Gasteiger partial charge in [-0.1, -0.05) is 12.1 Å². The molecule has 0 aliphatic rings. The number of urea groups is 1. The summed E-state index contributed by atoms with van der Waals surface area (Å²) in [6.45, 7) is -1.93. The molecule has 0 spiro atoms. The number of rotatable bonds is 5. The number of hydrogen-bond donors (Lipinski definition) is 2. The predicted molar refractivity (Wildman–Crippen MR) is 65.7 cm³/mol. The zero-order chi connectivity index (χ0) is 16.0. The van der Waals surface area contributed by atoms with Crippen molar-refractivity contribution < 1.29 is 32.6 Å². The van der Waals surface area contributed by atoms with Crippen LogP contribution in [0.15, 0.2) is 24.3 Å². The van der Waals surface area contributed by atoms with E-state index in [-0.39, 0.29) is 11.3 Å². The average Bonchev–Trinajstić information content (AvgIpc) is 2.37. The molecule has 3 N–H and O–H groups in total. The zero-order valence-corrected chi connectivity index (χ0v) is 10.8. The fourth-order valence-electron chi connectivity index (χ4n) is 1.33. The fourth-order valence-corrected chi connectivity index (χ4v) is 1.33. The molecular weight excluding hydrogens is 290 g/mol. The Labute approximate surface area is 118 Å². The number of ether oxygens (including phenoxy) is 2. The molecule has 0 saturated carbocycles. The molecule has 9 heteroatoms. The molecule has 0 aliphatic carbocycles. The molecule has 21 heavy (non-hydrogen) atoms. The van der Waals surface area contributed by atoms with E-state index in [1.807, 2.05) is 0 Å². The molecule has 1 aromatic rings. The SMILES string of the molecule is CC(OC(=O)c1ccccc1OC(F)F)C(=O)NC(N)=O. The zero-order valence-electron chi connectivity index (χ0n) is 10.8. The number of amides is 3. The van der Waals surface area contributed by atoms with E-state index >= 15 is 0 Å². The second kappa shape index (κ2) is 7.17. The minimum Gasteiger partial charge on any atom is -0.449 e. The van der Waals surface area contributed by atoms with Gasteiger partial charge in [0.15, 0.2) is 6.10 Å². The van der Waals surface area contributed by atoms with Crippen LogP contribution in [0.5, 0.6) is 5.75 Å². The molecule has 0 aliphatic heterocycles. The van der Waals surface area contributed by atoms with Gasteiger partial charge >= 0.3 is 18.6 Å². The summed E-state index contributed by atoms with van der Waals surface area (Å²) < 4.78 is 33.3. The molecule has 1 rings (SSSR count). The smallest absolute Gasteiger partial charge is 0.387 e. The van der Waals surface area contributed by atoms with Crippen LogP contribution in [0.2, 0.25) is 0 Å². The lowest BCUT2D eigenvalue weighted by Gasteiger charge is -2.14. The van der Waals surface area contributed by atoms with Gasteiger partial charge in [0.2, 0.25) is 0 Å². The molecule has 1 unspecified atom stereocenters. The van der Waals surface area contributed by atoms with E-state index in [0.29, 0.717) is 0 Å². The Kier molecular flexibility index (Phi) is 5.58. The first-order valence-corrected chi connectivity index (χ1v) is 5.66. The van der Waals surface area contributed by atoms with Crippen molar-refractivity contribution in [2.45, 2.75) is 19.6 Å². The van der Waals surface area contributed by atoms with Gasteiger partial charge in [-0.25, -0.2) is 9.59 Å². The van der Waals surface area contributed by atoms with Crippen LogP contribution in [0, 0.1) is 0 Å². The Morgan fingerprint density at radius 3 is 2.43 bits per heavy atom. The summed E-state index contributed by atoms with van der Waals surface area (Å²) in [4.78, 5) is 33.6. The van der Waals surface area contributed by atoms with Gasteiger partial charge < -0.3 is 15.2 Å². The highest BCUT2D eigenvalue weighted by Gasteiger charge is 2.22. The summed E-state index contributed by atoms with van der Waals surface area (Å²) in [7, 11) is 0. The third-order valence-electron chi connectivity index (χ3n) is 2.22. The number of carbonyl (C=O) groups excluding carboxylic acids is 3. The molecule has 1 atom stereocenters. The molecule has 0 bridgehead atoms. The predicted octanol–water partition coefficient (Wildman–Crippen LogP) is 1.03. The normalized spacial score (nSPS) is 11.6. The minimum atomic E-state index is -3.12. The first-order valence-electron chi connectivity index (χ1n) is 5.66. The van der Waals surface area contributed by atoms with Crippen LogP contribution >= 0.6 is 0 Å². The summed E-state index contributed by atoms with van der Waals surface area (Å²) >= 11 is 0. The third-order valence-corrected chi connectivity index (χ3v) is 2.22. The maximum absolute atomic E-state index is 12.2. The number of nitrogens with one attached hydrogen (secondary N) is 1. The lowest BCUT2D eigenvalue weighted by atomic mass is 10.2. The molecule has 3 amide bonds. The number of hydrogen-bond acceptors (Lipinski definition) is 5. The number of imide groups is 1. The highest BCUT2D eigenvalue weighted by atomic mass is 19.3. The van der Waals surface area contributed by atoms with Crippen molar-refractivity contribution in [2.24, 2.45) is 5.73 Å². The summed E-state index contributed by atoms with van der Waals surface area (Å²) in [5.41, 5.74) is 4.46. The van der Waals surface area contributed by atoms with Gasteiger partial charge in [0, 0.05) is 0 Å².